The summed E-state index contributed by atoms with van der Waals surface area (Å²) in [5.74, 6) is 0. The highest BCUT2D eigenvalue weighted by Crippen LogP contribution is 2.31. The minimum atomic E-state index is -0.350. The van der Waals surface area contributed by atoms with Crippen molar-refractivity contribution in [2.75, 3.05) is 0 Å². The fourth-order valence-corrected chi connectivity index (χ4v) is 3.05. The second kappa shape index (κ2) is 5.19. The second-order valence-corrected chi connectivity index (χ2v) is 5.72. The van der Waals surface area contributed by atoms with E-state index in [-0.39, 0.29) is 11.1 Å². The van der Waals surface area contributed by atoms with E-state index < -0.39 is 0 Å². The molecule has 0 saturated heterocycles. The van der Waals surface area contributed by atoms with Crippen LogP contribution in [0.4, 0.5) is 0 Å². The Balaban J connectivity index is 2.36. The summed E-state index contributed by atoms with van der Waals surface area (Å²) >= 11 is 3.56. The molecular formula is C17H11BrN2O. The van der Waals surface area contributed by atoms with Gasteiger partial charge in [-0.3, -0.25) is 4.79 Å². The lowest BCUT2D eigenvalue weighted by atomic mass is 9.98. The largest absolute Gasteiger partial charge is 0.325 e. The third-order valence-electron chi connectivity index (χ3n) is 3.40. The summed E-state index contributed by atoms with van der Waals surface area (Å²) in [6.07, 6.45) is 0. The average molecular weight is 339 g/mol. The Morgan fingerprint density at radius 2 is 1.95 bits per heavy atom. The number of aromatic nitrogens is 1. The number of aromatic amines is 1. The molecule has 0 unspecified atom stereocenters. The molecule has 0 amide bonds. The van der Waals surface area contributed by atoms with Gasteiger partial charge in [-0.15, -0.1) is 0 Å². The maximum absolute atomic E-state index is 11.9. The van der Waals surface area contributed by atoms with E-state index in [1.54, 1.807) is 0 Å². The van der Waals surface area contributed by atoms with Gasteiger partial charge in [0.2, 0.25) is 0 Å². The van der Waals surface area contributed by atoms with Crippen molar-refractivity contribution in [3.63, 3.8) is 0 Å². The molecule has 0 radical (unpaired) electrons. The van der Waals surface area contributed by atoms with Crippen molar-refractivity contribution >= 4 is 26.7 Å². The number of pyridine rings is 1. The highest BCUT2D eigenvalue weighted by Gasteiger charge is 2.12. The van der Waals surface area contributed by atoms with Crippen LogP contribution in [-0.4, -0.2) is 4.98 Å². The molecule has 1 aromatic heterocycles. The van der Waals surface area contributed by atoms with E-state index in [9.17, 15) is 10.1 Å². The van der Waals surface area contributed by atoms with Crippen LogP contribution in [0.2, 0.25) is 0 Å². The Labute approximate surface area is 130 Å². The lowest BCUT2D eigenvalue weighted by Gasteiger charge is -2.09. The first-order chi connectivity index (χ1) is 10.1. The molecule has 4 heteroatoms. The SMILES string of the molecule is Cc1cc(-c2cc(Br)c3ccccc3c2)c(C#N)c(=O)[nH]1. The zero-order valence-corrected chi connectivity index (χ0v) is 12.9. The summed E-state index contributed by atoms with van der Waals surface area (Å²) in [7, 11) is 0. The molecule has 0 aliphatic rings. The number of fused-ring (bicyclic) bond motifs is 1. The molecule has 3 rings (SSSR count). The third-order valence-corrected chi connectivity index (χ3v) is 4.06. The van der Waals surface area contributed by atoms with Gasteiger partial charge in [-0.2, -0.15) is 5.26 Å². The van der Waals surface area contributed by atoms with Crippen LogP contribution in [0.25, 0.3) is 21.9 Å². The van der Waals surface area contributed by atoms with E-state index in [4.69, 9.17) is 0 Å². The predicted molar refractivity (Wildman–Crippen MR) is 87.2 cm³/mol. The number of H-pyrrole nitrogens is 1. The number of benzene rings is 2. The Morgan fingerprint density at radius 1 is 1.19 bits per heavy atom. The van der Waals surface area contributed by atoms with Gasteiger partial charge in [-0.25, -0.2) is 0 Å². The zero-order valence-electron chi connectivity index (χ0n) is 11.3. The minimum Gasteiger partial charge on any atom is -0.325 e. The van der Waals surface area contributed by atoms with E-state index in [2.05, 4.69) is 20.9 Å². The molecule has 2 aromatic carbocycles. The molecule has 3 nitrogen and oxygen atoms in total. The number of aryl methyl sites for hydroxylation is 1. The first-order valence-electron chi connectivity index (χ1n) is 6.43. The molecule has 1 heterocycles. The van der Waals surface area contributed by atoms with Crippen LogP contribution in [0.5, 0.6) is 0 Å². The Morgan fingerprint density at radius 3 is 2.71 bits per heavy atom. The van der Waals surface area contributed by atoms with Crippen molar-refractivity contribution < 1.29 is 0 Å². The Hall–Kier alpha value is -2.38. The number of hydrogen-bond acceptors (Lipinski definition) is 2. The van der Waals surface area contributed by atoms with Crippen molar-refractivity contribution in [2.45, 2.75) is 6.92 Å². The monoisotopic (exact) mass is 338 g/mol. The highest BCUT2D eigenvalue weighted by atomic mass is 79.9. The van der Waals surface area contributed by atoms with Crippen LogP contribution < -0.4 is 5.56 Å². The van der Waals surface area contributed by atoms with E-state index in [0.29, 0.717) is 5.56 Å². The fourth-order valence-electron chi connectivity index (χ4n) is 2.45. The molecular weight excluding hydrogens is 328 g/mol. The Kier molecular flexibility index (Phi) is 3.36. The summed E-state index contributed by atoms with van der Waals surface area (Å²) in [5, 5.41) is 11.4. The first kappa shape index (κ1) is 13.6. The maximum atomic E-state index is 11.9. The molecule has 0 bridgehead atoms. The molecule has 0 fully saturated rings. The molecule has 102 valence electrons. The molecule has 0 aliphatic carbocycles. The summed E-state index contributed by atoms with van der Waals surface area (Å²) < 4.78 is 0.942. The average Bonchev–Trinajstić information content (AvgIpc) is 2.46. The molecule has 0 aliphatic heterocycles. The number of hydrogen-bond donors (Lipinski definition) is 1. The third kappa shape index (κ3) is 2.37. The summed E-state index contributed by atoms with van der Waals surface area (Å²) in [6, 6.07) is 15.7. The molecule has 1 N–H and O–H groups in total. The van der Waals surface area contributed by atoms with Gasteiger partial charge in [0, 0.05) is 15.7 Å². The molecule has 0 spiro atoms. The van der Waals surface area contributed by atoms with Gasteiger partial charge in [0.05, 0.1) is 0 Å². The van der Waals surface area contributed by atoms with E-state index in [1.807, 2.05) is 55.5 Å². The predicted octanol–water partition coefficient (Wildman–Crippen LogP) is 4.14. The number of rotatable bonds is 1. The Bertz CT molecular complexity index is 951. The summed E-state index contributed by atoms with van der Waals surface area (Å²) in [6.45, 7) is 1.81. The fraction of sp³-hybridized carbons (Fsp3) is 0.0588. The smallest absolute Gasteiger partial charge is 0.266 e. The topological polar surface area (TPSA) is 56.6 Å². The van der Waals surface area contributed by atoms with Crippen LogP contribution in [0, 0.1) is 18.3 Å². The zero-order chi connectivity index (χ0) is 15.0. The van der Waals surface area contributed by atoms with Crippen LogP contribution in [0.1, 0.15) is 11.3 Å². The van der Waals surface area contributed by atoms with Crippen molar-refractivity contribution in [1.82, 2.24) is 4.98 Å². The van der Waals surface area contributed by atoms with E-state index >= 15 is 0 Å². The van der Waals surface area contributed by atoms with E-state index in [1.165, 1.54) is 0 Å². The van der Waals surface area contributed by atoms with Gasteiger partial charge in [0.1, 0.15) is 11.6 Å². The van der Waals surface area contributed by atoms with Gasteiger partial charge in [0.15, 0.2) is 0 Å². The number of nitriles is 1. The molecule has 3 aromatic rings. The van der Waals surface area contributed by atoms with Crippen molar-refractivity contribution in [2.24, 2.45) is 0 Å². The quantitative estimate of drug-likeness (QED) is 0.724. The lowest BCUT2D eigenvalue weighted by molar-refractivity contribution is 1.13. The summed E-state index contributed by atoms with van der Waals surface area (Å²) in [5.41, 5.74) is 2.04. The second-order valence-electron chi connectivity index (χ2n) is 4.86. The first-order valence-corrected chi connectivity index (χ1v) is 7.22. The van der Waals surface area contributed by atoms with Gasteiger partial charge >= 0.3 is 0 Å². The number of halogens is 1. The van der Waals surface area contributed by atoms with Gasteiger partial charge < -0.3 is 4.98 Å². The van der Waals surface area contributed by atoms with Gasteiger partial charge in [-0.05, 0) is 41.5 Å². The van der Waals surface area contributed by atoms with Crippen LogP contribution in [0.3, 0.4) is 0 Å². The number of nitrogens with zero attached hydrogens (tertiary/aromatic N) is 1. The number of nitrogens with one attached hydrogen (secondary N) is 1. The van der Waals surface area contributed by atoms with E-state index in [0.717, 1.165) is 26.5 Å². The van der Waals surface area contributed by atoms with Crippen molar-refractivity contribution in [1.29, 1.82) is 5.26 Å². The minimum absolute atomic E-state index is 0.141. The van der Waals surface area contributed by atoms with Crippen LogP contribution in [0.15, 0.2) is 51.7 Å². The summed E-state index contributed by atoms with van der Waals surface area (Å²) in [4.78, 5) is 14.6. The standard InChI is InChI=1S/C17H11BrN2O/c1-10-6-14(15(9-19)17(21)20-10)12-7-11-4-2-3-5-13(11)16(18)8-12/h2-8H,1H3,(H,20,21). The van der Waals surface area contributed by atoms with Crippen LogP contribution >= 0.6 is 15.9 Å². The van der Waals surface area contributed by atoms with Crippen molar-refractivity contribution in [3.8, 4) is 17.2 Å². The maximum Gasteiger partial charge on any atom is 0.266 e. The lowest BCUT2D eigenvalue weighted by Crippen LogP contribution is -2.12. The molecule has 0 atom stereocenters. The van der Waals surface area contributed by atoms with Crippen molar-refractivity contribution in [3.05, 3.63) is 68.5 Å². The van der Waals surface area contributed by atoms with Crippen LogP contribution in [-0.2, 0) is 0 Å². The molecule has 21 heavy (non-hydrogen) atoms. The van der Waals surface area contributed by atoms with Gasteiger partial charge in [-0.1, -0.05) is 40.2 Å². The molecule has 0 saturated carbocycles. The van der Waals surface area contributed by atoms with Gasteiger partial charge in [0.25, 0.3) is 5.56 Å². The normalized spacial score (nSPS) is 10.5. The highest BCUT2D eigenvalue weighted by molar-refractivity contribution is 9.10.